The number of carboxylic acid groups (broad SMARTS) is 1. The first-order chi connectivity index (χ1) is 14.5. The van der Waals surface area contributed by atoms with Crippen LogP contribution in [0.5, 0.6) is 0 Å². The van der Waals surface area contributed by atoms with E-state index >= 15 is 0 Å². The number of carbonyl (C=O) groups is 1. The Balaban J connectivity index is 1.62. The van der Waals surface area contributed by atoms with Crippen LogP contribution in [-0.4, -0.2) is 46.4 Å². The van der Waals surface area contributed by atoms with E-state index in [4.69, 9.17) is 34.3 Å². The Morgan fingerprint density at radius 2 is 1.57 bits per heavy atom. The van der Waals surface area contributed by atoms with Crippen molar-refractivity contribution in [3.8, 4) is 0 Å². The quantitative estimate of drug-likeness (QED) is 0.223. The molecule has 0 aromatic carbocycles. The summed E-state index contributed by atoms with van der Waals surface area (Å²) in [7, 11) is 0. The Kier molecular flexibility index (Phi) is 12.1. The van der Waals surface area contributed by atoms with Gasteiger partial charge in [0.05, 0.1) is 28.7 Å². The van der Waals surface area contributed by atoms with Crippen molar-refractivity contribution in [3.63, 3.8) is 0 Å². The van der Waals surface area contributed by atoms with Gasteiger partial charge >= 0.3 is 5.97 Å². The molecule has 0 unspecified atom stereocenters. The second kappa shape index (κ2) is 14.3. The number of thiocarbonyl (C=S) groups is 2. The van der Waals surface area contributed by atoms with E-state index < -0.39 is 5.97 Å². The van der Waals surface area contributed by atoms with E-state index in [2.05, 4.69) is 17.6 Å². The Morgan fingerprint density at radius 1 is 0.900 bits per heavy atom. The molecule has 7 heteroatoms. The summed E-state index contributed by atoms with van der Waals surface area (Å²) in [6, 6.07) is 0. The van der Waals surface area contributed by atoms with Gasteiger partial charge in [-0.25, -0.2) is 0 Å². The highest BCUT2D eigenvalue weighted by molar-refractivity contribution is 7.80. The third kappa shape index (κ3) is 9.15. The fraction of sp³-hybridized carbons (Fsp3) is 0.870. The van der Waals surface area contributed by atoms with E-state index in [1.54, 1.807) is 0 Å². The second-order valence-electron chi connectivity index (χ2n) is 8.86. The number of rotatable bonds is 16. The van der Waals surface area contributed by atoms with Crippen LogP contribution < -0.4 is 10.6 Å². The van der Waals surface area contributed by atoms with E-state index in [-0.39, 0.29) is 6.42 Å². The molecule has 2 bridgehead atoms. The maximum atomic E-state index is 10.6. The van der Waals surface area contributed by atoms with Crippen molar-refractivity contribution in [2.24, 2.45) is 11.8 Å². The van der Waals surface area contributed by atoms with Gasteiger partial charge in [-0.3, -0.25) is 4.79 Å². The molecule has 5 nitrogen and oxygen atoms in total. The van der Waals surface area contributed by atoms with Crippen LogP contribution in [0.3, 0.4) is 0 Å². The van der Waals surface area contributed by atoms with E-state index in [9.17, 15) is 4.79 Å². The molecule has 4 atom stereocenters. The molecule has 0 amide bonds. The summed E-state index contributed by atoms with van der Waals surface area (Å²) < 4.78 is 6.20. The van der Waals surface area contributed by atoms with Crippen molar-refractivity contribution in [2.45, 2.75) is 103 Å². The molecule has 30 heavy (non-hydrogen) atoms. The molecule has 2 saturated heterocycles. The number of unbranched alkanes of at least 4 members (excludes halogenated alkanes) is 6. The average Bonchev–Trinajstić information content (AvgIpc) is 3.32. The predicted molar refractivity (Wildman–Crippen MR) is 130 cm³/mol. The van der Waals surface area contributed by atoms with Crippen molar-refractivity contribution < 1.29 is 14.6 Å². The molecular formula is C23H40N2O3S2. The molecule has 0 aromatic rings. The zero-order chi connectivity index (χ0) is 21.8. The number of hydrogen-bond donors (Lipinski definition) is 3. The zero-order valence-electron chi connectivity index (χ0n) is 18.5. The highest BCUT2D eigenvalue weighted by atomic mass is 32.1. The van der Waals surface area contributed by atoms with Crippen LogP contribution in [0.15, 0.2) is 0 Å². The van der Waals surface area contributed by atoms with Crippen molar-refractivity contribution in [2.75, 3.05) is 13.1 Å². The van der Waals surface area contributed by atoms with Gasteiger partial charge in [-0.1, -0.05) is 69.9 Å². The Hall–Kier alpha value is -0.790. The van der Waals surface area contributed by atoms with Gasteiger partial charge in [0, 0.05) is 18.9 Å². The number of hydrogen-bond acceptors (Lipinski definition) is 4. The average molecular weight is 457 g/mol. The number of aliphatic carboxylic acids is 1. The summed E-state index contributed by atoms with van der Waals surface area (Å²) in [6.07, 6.45) is 14.5. The molecule has 2 aliphatic heterocycles. The number of carboxylic acids is 1. The molecule has 0 radical (unpaired) electrons. The third-order valence-corrected chi connectivity index (χ3v) is 7.14. The van der Waals surface area contributed by atoms with Crippen LogP contribution in [0.4, 0.5) is 0 Å². The van der Waals surface area contributed by atoms with E-state index in [0.29, 0.717) is 30.6 Å². The van der Waals surface area contributed by atoms with Gasteiger partial charge in [0.25, 0.3) is 0 Å². The number of nitrogens with one attached hydrogen (secondary N) is 2. The molecule has 0 aliphatic carbocycles. The van der Waals surface area contributed by atoms with Gasteiger partial charge in [0.2, 0.25) is 0 Å². The summed E-state index contributed by atoms with van der Waals surface area (Å²) in [5.74, 6) is 0.443. The van der Waals surface area contributed by atoms with Crippen molar-refractivity contribution in [1.29, 1.82) is 0 Å². The Morgan fingerprint density at radius 3 is 2.30 bits per heavy atom. The standard InChI is InChI=1S/C23H40N2O3S2/c1-2-3-4-8-11-21(29)25-16-22(30)24-15-18-17(19-13-14-20(18)28-19)10-7-5-6-9-12-23(26)27/h17-20H,2-16H2,1H3,(H,24,30)(H,25,29)(H,26,27)/t17-,18+,19-,20+/m0/s1. The van der Waals surface area contributed by atoms with E-state index in [1.807, 2.05) is 0 Å². The van der Waals surface area contributed by atoms with E-state index in [1.165, 1.54) is 38.5 Å². The minimum absolute atomic E-state index is 0.289. The summed E-state index contributed by atoms with van der Waals surface area (Å²) in [4.78, 5) is 12.4. The van der Waals surface area contributed by atoms with Crippen molar-refractivity contribution in [3.05, 3.63) is 0 Å². The fourth-order valence-corrected chi connectivity index (χ4v) is 5.21. The van der Waals surface area contributed by atoms with Crippen molar-refractivity contribution >= 4 is 40.4 Å². The number of fused-ring (bicyclic) bond motifs is 2. The van der Waals surface area contributed by atoms with Crippen LogP contribution in [-0.2, 0) is 9.53 Å². The molecule has 2 aliphatic rings. The SMILES string of the molecule is CCCCCCC(=S)NCC(=S)NC[C@@H]1[C@H](CCCCCCC(=O)O)[C@@H]2CC[C@H]1O2. The lowest BCUT2D eigenvalue weighted by Gasteiger charge is -2.28. The summed E-state index contributed by atoms with van der Waals surface area (Å²) >= 11 is 10.9. The molecule has 3 N–H and O–H groups in total. The first-order valence-electron chi connectivity index (χ1n) is 11.9. The van der Waals surface area contributed by atoms with Crippen LogP contribution >= 0.6 is 24.4 Å². The van der Waals surface area contributed by atoms with Gasteiger partial charge in [0.1, 0.15) is 0 Å². The lowest BCUT2D eigenvalue weighted by Crippen LogP contribution is -2.41. The molecule has 0 saturated carbocycles. The maximum absolute atomic E-state index is 10.6. The third-order valence-electron chi connectivity index (χ3n) is 6.51. The molecule has 0 spiro atoms. The Labute approximate surface area is 193 Å². The van der Waals surface area contributed by atoms with Crippen molar-refractivity contribution in [1.82, 2.24) is 10.6 Å². The summed E-state index contributed by atoms with van der Waals surface area (Å²) in [5.41, 5.74) is 0. The molecule has 0 aromatic heterocycles. The minimum Gasteiger partial charge on any atom is -0.481 e. The second-order valence-corrected chi connectivity index (χ2v) is 9.84. The largest absolute Gasteiger partial charge is 0.481 e. The smallest absolute Gasteiger partial charge is 0.303 e. The molecule has 2 fully saturated rings. The van der Waals surface area contributed by atoms with Crippen LogP contribution in [0.2, 0.25) is 0 Å². The molecular weight excluding hydrogens is 416 g/mol. The van der Waals surface area contributed by atoms with Gasteiger partial charge in [-0.15, -0.1) is 0 Å². The molecule has 2 rings (SSSR count). The van der Waals surface area contributed by atoms with Crippen LogP contribution in [0.1, 0.15) is 90.4 Å². The van der Waals surface area contributed by atoms with Gasteiger partial charge in [0.15, 0.2) is 0 Å². The minimum atomic E-state index is -0.689. The predicted octanol–water partition coefficient (Wildman–Crippen LogP) is 5.01. The zero-order valence-corrected chi connectivity index (χ0v) is 20.1. The van der Waals surface area contributed by atoms with Crippen LogP contribution in [0.25, 0.3) is 0 Å². The lowest BCUT2D eigenvalue weighted by molar-refractivity contribution is -0.137. The highest BCUT2D eigenvalue weighted by Gasteiger charge is 2.47. The van der Waals surface area contributed by atoms with Crippen LogP contribution in [0, 0.1) is 11.8 Å². The van der Waals surface area contributed by atoms with Gasteiger partial charge < -0.3 is 20.5 Å². The maximum Gasteiger partial charge on any atom is 0.303 e. The first kappa shape index (κ1) is 25.5. The fourth-order valence-electron chi connectivity index (χ4n) is 4.84. The molecule has 2 heterocycles. The Bertz CT molecular complexity index is 559. The monoisotopic (exact) mass is 456 g/mol. The number of ether oxygens (including phenoxy) is 1. The van der Waals surface area contributed by atoms with Gasteiger partial charge in [-0.05, 0) is 44.4 Å². The highest BCUT2D eigenvalue weighted by Crippen LogP contribution is 2.45. The normalized spacial score (nSPS) is 24.7. The van der Waals surface area contributed by atoms with Gasteiger partial charge in [-0.2, -0.15) is 0 Å². The molecule has 172 valence electrons. The lowest BCUT2D eigenvalue weighted by atomic mass is 9.76. The first-order valence-corrected chi connectivity index (χ1v) is 12.7. The summed E-state index contributed by atoms with van der Waals surface area (Å²) in [5, 5.41) is 15.5. The van der Waals surface area contributed by atoms with E-state index in [0.717, 1.165) is 55.0 Å². The topological polar surface area (TPSA) is 70.6 Å². The summed E-state index contributed by atoms with van der Waals surface area (Å²) in [6.45, 7) is 3.72.